The van der Waals surface area contributed by atoms with Crippen molar-refractivity contribution in [2.24, 2.45) is 7.05 Å². The molecular formula is C23H19FN6O4. The van der Waals surface area contributed by atoms with Gasteiger partial charge in [0, 0.05) is 24.4 Å². The summed E-state index contributed by atoms with van der Waals surface area (Å²) in [6, 6.07) is 10.6. The average molecular weight is 462 g/mol. The molecule has 5 aromatic rings. The van der Waals surface area contributed by atoms with Crippen molar-refractivity contribution >= 4 is 23.1 Å². The van der Waals surface area contributed by atoms with Crippen molar-refractivity contribution in [1.82, 2.24) is 28.5 Å². The van der Waals surface area contributed by atoms with Crippen LogP contribution in [0.3, 0.4) is 0 Å². The Labute approximate surface area is 191 Å². The molecule has 34 heavy (non-hydrogen) atoms. The SMILES string of the molecule is COc1ccc(C=O)cc1Cn1nc2n(Cc3ccc(F)cc3)c(=O)c3nn(C)cc3n2c1=O. The van der Waals surface area contributed by atoms with E-state index in [4.69, 9.17) is 4.74 Å². The third kappa shape index (κ3) is 3.47. The number of aromatic nitrogens is 6. The maximum absolute atomic E-state index is 13.4. The summed E-state index contributed by atoms with van der Waals surface area (Å²) >= 11 is 0. The molecule has 3 heterocycles. The molecule has 172 valence electrons. The second-order valence-corrected chi connectivity index (χ2v) is 7.82. The van der Waals surface area contributed by atoms with Gasteiger partial charge in [0.15, 0.2) is 5.52 Å². The van der Waals surface area contributed by atoms with Crippen molar-refractivity contribution in [2.75, 3.05) is 7.11 Å². The maximum atomic E-state index is 13.4. The van der Waals surface area contributed by atoms with Gasteiger partial charge in [-0.2, -0.15) is 5.10 Å². The fourth-order valence-corrected chi connectivity index (χ4v) is 3.97. The molecule has 0 aliphatic carbocycles. The first kappa shape index (κ1) is 21.3. The minimum atomic E-state index is -0.487. The summed E-state index contributed by atoms with van der Waals surface area (Å²) in [6.45, 7) is 0.0768. The van der Waals surface area contributed by atoms with E-state index in [0.29, 0.717) is 34.2 Å². The van der Waals surface area contributed by atoms with E-state index in [9.17, 15) is 18.8 Å². The number of hydrogen-bond acceptors (Lipinski definition) is 6. The fraction of sp³-hybridized carbons (Fsp3) is 0.174. The molecule has 0 bridgehead atoms. The van der Waals surface area contributed by atoms with Crippen LogP contribution < -0.4 is 16.0 Å². The first-order valence-electron chi connectivity index (χ1n) is 10.3. The van der Waals surface area contributed by atoms with Gasteiger partial charge in [-0.1, -0.05) is 12.1 Å². The smallest absolute Gasteiger partial charge is 0.352 e. The largest absolute Gasteiger partial charge is 0.496 e. The summed E-state index contributed by atoms with van der Waals surface area (Å²) in [5, 5.41) is 8.68. The predicted molar refractivity (Wildman–Crippen MR) is 121 cm³/mol. The van der Waals surface area contributed by atoms with Crippen molar-refractivity contribution in [1.29, 1.82) is 0 Å². The molecule has 0 aliphatic heterocycles. The predicted octanol–water partition coefficient (Wildman–Crippen LogP) is 1.60. The first-order valence-corrected chi connectivity index (χ1v) is 10.3. The Balaban J connectivity index is 1.73. The number of methoxy groups -OCH3 is 1. The number of fused-ring (bicyclic) bond motifs is 3. The van der Waals surface area contributed by atoms with E-state index in [1.54, 1.807) is 43.6 Å². The molecule has 0 aliphatic rings. The number of hydrogen-bond donors (Lipinski definition) is 0. The highest BCUT2D eigenvalue weighted by Gasteiger charge is 2.20. The normalized spacial score (nSPS) is 11.4. The Morgan fingerprint density at radius 3 is 2.53 bits per heavy atom. The van der Waals surface area contributed by atoms with E-state index >= 15 is 0 Å². The van der Waals surface area contributed by atoms with Crippen LogP contribution in [0.5, 0.6) is 5.75 Å². The first-order chi connectivity index (χ1) is 16.4. The number of benzene rings is 2. The molecule has 10 nitrogen and oxygen atoms in total. The van der Waals surface area contributed by atoms with Crippen molar-refractivity contribution in [2.45, 2.75) is 13.1 Å². The molecule has 0 saturated heterocycles. The third-order valence-corrected chi connectivity index (χ3v) is 5.58. The summed E-state index contributed by atoms with van der Waals surface area (Å²) in [5.41, 5.74) is 1.18. The average Bonchev–Trinajstić information content (AvgIpc) is 3.37. The topological polar surface area (TPSA) is 105 Å². The Hall–Kier alpha value is -4.54. The van der Waals surface area contributed by atoms with Crippen LogP contribution in [-0.2, 0) is 20.1 Å². The van der Waals surface area contributed by atoms with Crippen molar-refractivity contribution in [3.63, 3.8) is 0 Å². The molecule has 0 saturated carbocycles. The summed E-state index contributed by atoms with van der Waals surface area (Å²) < 4.78 is 24.1. The van der Waals surface area contributed by atoms with Crippen molar-refractivity contribution < 1.29 is 13.9 Å². The van der Waals surface area contributed by atoms with Gasteiger partial charge < -0.3 is 4.74 Å². The van der Waals surface area contributed by atoms with Crippen LogP contribution in [0.4, 0.5) is 4.39 Å². The molecule has 0 radical (unpaired) electrons. The lowest BCUT2D eigenvalue weighted by Gasteiger charge is -2.08. The summed E-state index contributed by atoms with van der Waals surface area (Å²) in [4.78, 5) is 37.9. The van der Waals surface area contributed by atoms with Crippen LogP contribution in [0.1, 0.15) is 21.5 Å². The lowest BCUT2D eigenvalue weighted by atomic mass is 10.1. The Bertz CT molecular complexity index is 1680. The molecule has 0 fully saturated rings. The monoisotopic (exact) mass is 462 g/mol. The quantitative estimate of drug-likeness (QED) is 0.355. The molecule has 5 rings (SSSR count). The lowest BCUT2D eigenvalue weighted by Crippen LogP contribution is -2.26. The van der Waals surface area contributed by atoms with Crippen molar-refractivity contribution in [3.8, 4) is 5.75 Å². The van der Waals surface area contributed by atoms with Gasteiger partial charge >= 0.3 is 5.69 Å². The van der Waals surface area contributed by atoms with Crippen LogP contribution in [0.25, 0.3) is 16.8 Å². The second-order valence-electron chi connectivity index (χ2n) is 7.82. The molecule has 11 heteroatoms. The van der Waals surface area contributed by atoms with Crippen LogP contribution in [0.15, 0.2) is 58.3 Å². The second kappa shape index (κ2) is 8.10. The Morgan fingerprint density at radius 2 is 1.82 bits per heavy atom. The lowest BCUT2D eigenvalue weighted by molar-refractivity contribution is 0.112. The van der Waals surface area contributed by atoms with Crippen LogP contribution in [0, 0.1) is 5.82 Å². The standard InChI is InChI=1S/C23H19FN6O4/c1-27-12-18-20(25-27)21(32)28(10-14-3-6-17(24)7-4-14)22-26-29(23(33)30(18)22)11-16-9-15(13-31)5-8-19(16)34-2/h3-9,12-13H,10-11H2,1-2H3. The van der Waals surface area contributed by atoms with Gasteiger partial charge in [-0.25, -0.2) is 18.3 Å². The zero-order chi connectivity index (χ0) is 24.0. The molecule has 0 amide bonds. The Kier molecular flexibility index (Phi) is 5.08. The van der Waals surface area contributed by atoms with E-state index in [0.717, 1.165) is 0 Å². The highest BCUT2D eigenvalue weighted by atomic mass is 19.1. The molecule has 0 atom stereocenters. The van der Waals surface area contributed by atoms with E-state index in [-0.39, 0.29) is 24.4 Å². The number of rotatable bonds is 6. The minimum absolute atomic E-state index is 0.0118. The number of halogens is 1. The third-order valence-electron chi connectivity index (χ3n) is 5.58. The summed E-state index contributed by atoms with van der Waals surface area (Å²) in [5.74, 6) is 0.212. The highest BCUT2D eigenvalue weighted by Crippen LogP contribution is 2.20. The number of aldehydes is 1. The zero-order valence-electron chi connectivity index (χ0n) is 18.3. The van der Waals surface area contributed by atoms with Gasteiger partial charge in [-0.15, -0.1) is 5.10 Å². The molecule has 3 aromatic heterocycles. The van der Waals surface area contributed by atoms with Crippen LogP contribution >= 0.6 is 0 Å². The number of nitrogens with zero attached hydrogens (tertiary/aromatic N) is 6. The number of aryl methyl sites for hydroxylation is 1. The molecule has 0 spiro atoms. The van der Waals surface area contributed by atoms with Gasteiger partial charge in [0.05, 0.1) is 20.2 Å². The van der Waals surface area contributed by atoms with Gasteiger partial charge in [0.25, 0.3) is 5.56 Å². The number of ether oxygens (including phenoxy) is 1. The molecule has 0 N–H and O–H groups in total. The molecular weight excluding hydrogens is 443 g/mol. The van der Waals surface area contributed by atoms with E-state index in [2.05, 4.69) is 10.2 Å². The van der Waals surface area contributed by atoms with Crippen LogP contribution in [-0.4, -0.2) is 41.9 Å². The van der Waals surface area contributed by atoms with Crippen molar-refractivity contribution in [3.05, 3.63) is 92.0 Å². The van der Waals surface area contributed by atoms with Gasteiger partial charge in [0.2, 0.25) is 5.78 Å². The highest BCUT2D eigenvalue weighted by molar-refractivity contribution is 5.76. The summed E-state index contributed by atoms with van der Waals surface area (Å²) in [7, 11) is 3.15. The molecule has 0 unspecified atom stereocenters. The fourth-order valence-electron chi connectivity index (χ4n) is 3.97. The summed E-state index contributed by atoms with van der Waals surface area (Å²) in [6.07, 6.45) is 2.28. The van der Waals surface area contributed by atoms with Gasteiger partial charge in [-0.3, -0.25) is 18.8 Å². The van der Waals surface area contributed by atoms with E-state index in [1.807, 2.05) is 0 Å². The van der Waals surface area contributed by atoms with Crippen LogP contribution in [0.2, 0.25) is 0 Å². The molecule has 2 aromatic carbocycles. The van der Waals surface area contributed by atoms with Gasteiger partial charge in [-0.05, 0) is 35.9 Å². The number of carbonyl (C=O) groups excluding carboxylic acids is 1. The number of carbonyl (C=O) groups is 1. The Morgan fingerprint density at radius 1 is 1.06 bits per heavy atom. The van der Waals surface area contributed by atoms with E-state index < -0.39 is 17.1 Å². The zero-order valence-corrected chi connectivity index (χ0v) is 18.3. The van der Waals surface area contributed by atoms with Gasteiger partial charge in [0.1, 0.15) is 23.4 Å². The maximum Gasteiger partial charge on any atom is 0.352 e. The minimum Gasteiger partial charge on any atom is -0.496 e. The van der Waals surface area contributed by atoms with E-state index in [1.165, 1.54) is 37.6 Å².